The molecule has 6 nitrogen and oxygen atoms in total. The van der Waals surface area contributed by atoms with Crippen molar-refractivity contribution < 1.29 is 5.11 Å². The minimum atomic E-state index is 0.155. The maximum Gasteiger partial charge on any atom is 0.0949 e. The van der Waals surface area contributed by atoms with Gasteiger partial charge >= 0.3 is 0 Å². The number of aliphatic hydroxyl groups excluding tert-OH is 1. The summed E-state index contributed by atoms with van der Waals surface area (Å²) in [5.41, 5.74) is 3.48. The van der Waals surface area contributed by atoms with Crippen LogP contribution in [-0.4, -0.2) is 42.4 Å². The van der Waals surface area contributed by atoms with Crippen LogP contribution in [0.4, 0.5) is 0 Å². The molecule has 0 saturated carbocycles. The molecule has 0 spiro atoms. The van der Waals surface area contributed by atoms with Crippen LogP contribution in [0.25, 0.3) is 0 Å². The second-order valence-corrected chi connectivity index (χ2v) is 4.80. The third-order valence-electron chi connectivity index (χ3n) is 3.60. The smallest absolute Gasteiger partial charge is 0.0949 e. The molecule has 6 heteroatoms. The van der Waals surface area contributed by atoms with Crippen LogP contribution >= 0.6 is 0 Å². The number of nitrogens with zero attached hydrogens (tertiary/aromatic N) is 4. The van der Waals surface area contributed by atoms with E-state index in [1.54, 1.807) is 0 Å². The normalized spacial score (nSPS) is 20.0. The number of aromatic nitrogens is 4. The molecule has 2 N–H and O–H groups in total. The van der Waals surface area contributed by atoms with Gasteiger partial charge < -0.3 is 9.67 Å². The molecule has 0 radical (unpaired) electrons. The zero-order valence-corrected chi connectivity index (χ0v) is 10.4. The number of H-pyrrole nitrogens is 1. The monoisotopic (exact) mass is 247 g/mol. The first-order valence-corrected chi connectivity index (χ1v) is 6.09. The Morgan fingerprint density at radius 3 is 3.17 bits per heavy atom. The van der Waals surface area contributed by atoms with Crippen LogP contribution in [-0.2, 0) is 26.6 Å². The Bertz CT molecular complexity index is 519. The molecule has 0 bridgehead atoms. The lowest BCUT2D eigenvalue weighted by Gasteiger charge is -2.34. The van der Waals surface area contributed by atoms with Crippen LogP contribution in [0, 0.1) is 0 Å². The van der Waals surface area contributed by atoms with E-state index in [1.807, 2.05) is 30.3 Å². The van der Waals surface area contributed by atoms with Gasteiger partial charge in [0.1, 0.15) is 0 Å². The third kappa shape index (κ3) is 1.93. The Morgan fingerprint density at radius 2 is 2.44 bits per heavy atom. The minimum absolute atomic E-state index is 0.155. The molecule has 0 aliphatic carbocycles. The van der Waals surface area contributed by atoms with Crippen LogP contribution in [0.2, 0.25) is 0 Å². The van der Waals surface area contributed by atoms with Gasteiger partial charge in [0, 0.05) is 50.1 Å². The average Bonchev–Trinajstić information content (AvgIpc) is 2.99. The molecule has 0 fully saturated rings. The van der Waals surface area contributed by atoms with E-state index in [-0.39, 0.29) is 12.6 Å². The SMILES string of the molecule is Cn1cnc2c1C[C@@H](CO)N(Cc1cn[nH]c1)C2. The maximum absolute atomic E-state index is 9.55. The van der Waals surface area contributed by atoms with Crippen molar-refractivity contribution in [3.63, 3.8) is 0 Å². The van der Waals surface area contributed by atoms with E-state index in [0.717, 1.165) is 30.8 Å². The zero-order valence-electron chi connectivity index (χ0n) is 10.4. The van der Waals surface area contributed by atoms with Crippen molar-refractivity contribution in [3.05, 3.63) is 35.7 Å². The molecule has 96 valence electrons. The van der Waals surface area contributed by atoms with E-state index in [4.69, 9.17) is 0 Å². The first-order valence-electron chi connectivity index (χ1n) is 6.09. The minimum Gasteiger partial charge on any atom is -0.395 e. The Morgan fingerprint density at radius 1 is 1.56 bits per heavy atom. The Kier molecular flexibility index (Phi) is 2.89. The van der Waals surface area contributed by atoms with Crippen LogP contribution in [0.5, 0.6) is 0 Å². The summed E-state index contributed by atoms with van der Waals surface area (Å²) in [6.07, 6.45) is 6.41. The Labute approximate surface area is 105 Å². The van der Waals surface area contributed by atoms with Gasteiger partial charge in [-0.15, -0.1) is 0 Å². The molecule has 0 aromatic carbocycles. The fourth-order valence-corrected chi connectivity index (χ4v) is 2.54. The summed E-state index contributed by atoms with van der Waals surface area (Å²) >= 11 is 0. The van der Waals surface area contributed by atoms with Crippen LogP contribution in [0.3, 0.4) is 0 Å². The first kappa shape index (κ1) is 11.4. The fourth-order valence-electron chi connectivity index (χ4n) is 2.54. The number of nitrogens with one attached hydrogen (secondary N) is 1. The van der Waals surface area contributed by atoms with Gasteiger partial charge in [0.2, 0.25) is 0 Å². The molecule has 2 aromatic heterocycles. The van der Waals surface area contributed by atoms with Gasteiger partial charge in [-0.1, -0.05) is 0 Å². The van der Waals surface area contributed by atoms with Gasteiger partial charge in [-0.25, -0.2) is 4.98 Å². The quantitative estimate of drug-likeness (QED) is 0.805. The predicted molar refractivity (Wildman–Crippen MR) is 65.6 cm³/mol. The van der Waals surface area contributed by atoms with E-state index in [9.17, 15) is 5.11 Å². The van der Waals surface area contributed by atoms with Gasteiger partial charge in [-0.3, -0.25) is 10.00 Å². The standard InChI is InChI=1S/C12H17N5O/c1-16-8-13-11-6-17(5-9-3-14-15-4-9)10(7-18)2-12(11)16/h3-4,8,10,18H,2,5-7H2,1H3,(H,14,15)/t10-/m0/s1. The van der Waals surface area contributed by atoms with Gasteiger partial charge in [-0.05, 0) is 0 Å². The van der Waals surface area contributed by atoms with Crippen molar-refractivity contribution in [2.75, 3.05) is 6.61 Å². The second kappa shape index (κ2) is 4.55. The number of imidazole rings is 1. The lowest BCUT2D eigenvalue weighted by Crippen LogP contribution is -2.42. The number of aromatic amines is 1. The second-order valence-electron chi connectivity index (χ2n) is 4.80. The zero-order chi connectivity index (χ0) is 12.5. The van der Waals surface area contributed by atoms with Crippen LogP contribution < -0.4 is 0 Å². The van der Waals surface area contributed by atoms with Gasteiger partial charge in [0.15, 0.2) is 0 Å². The summed E-state index contributed by atoms with van der Waals surface area (Å²) in [7, 11) is 2.01. The highest BCUT2D eigenvalue weighted by atomic mass is 16.3. The van der Waals surface area contributed by atoms with Crippen molar-refractivity contribution in [2.24, 2.45) is 7.05 Å². The van der Waals surface area contributed by atoms with E-state index in [1.165, 1.54) is 5.69 Å². The lowest BCUT2D eigenvalue weighted by atomic mass is 10.0. The number of hydrogen-bond donors (Lipinski definition) is 2. The highest BCUT2D eigenvalue weighted by Gasteiger charge is 2.28. The largest absolute Gasteiger partial charge is 0.395 e. The summed E-state index contributed by atoms with van der Waals surface area (Å²) in [5.74, 6) is 0. The predicted octanol–water partition coefficient (Wildman–Crippen LogP) is 0.0624. The van der Waals surface area contributed by atoms with E-state index in [0.29, 0.717) is 0 Å². The summed E-state index contributed by atoms with van der Waals surface area (Å²) in [4.78, 5) is 6.67. The van der Waals surface area contributed by atoms with Crippen molar-refractivity contribution >= 4 is 0 Å². The molecule has 0 saturated heterocycles. The lowest BCUT2D eigenvalue weighted by molar-refractivity contribution is 0.0967. The van der Waals surface area contributed by atoms with Gasteiger partial charge in [0.25, 0.3) is 0 Å². The average molecular weight is 247 g/mol. The number of aryl methyl sites for hydroxylation is 1. The highest BCUT2D eigenvalue weighted by Crippen LogP contribution is 2.23. The van der Waals surface area contributed by atoms with Crippen LogP contribution in [0.1, 0.15) is 17.0 Å². The summed E-state index contributed by atoms with van der Waals surface area (Å²) < 4.78 is 2.05. The molecule has 0 unspecified atom stereocenters. The van der Waals surface area contributed by atoms with Crippen molar-refractivity contribution in [2.45, 2.75) is 25.6 Å². The summed E-state index contributed by atoms with van der Waals surface area (Å²) in [6.45, 7) is 1.74. The topological polar surface area (TPSA) is 70.0 Å². The Hall–Kier alpha value is -1.66. The fraction of sp³-hybridized carbons (Fsp3) is 0.500. The first-order chi connectivity index (χ1) is 8.78. The highest BCUT2D eigenvalue weighted by molar-refractivity contribution is 5.18. The number of fused-ring (bicyclic) bond motifs is 1. The van der Waals surface area contributed by atoms with Crippen molar-refractivity contribution in [1.29, 1.82) is 0 Å². The molecule has 3 heterocycles. The van der Waals surface area contributed by atoms with E-state index < -0.39 is 0 Å². The molecule has 0 amide bonds. The van der Waals surface area contributed by atoms with Crippen LogP contribution in [0.15, 0.2) is 18.7 Å². The number of hydrogen-bond acceptors (Lipinski definition) is 4. The van der Waals surface area contributed by atoms with E-state index >= 15 is 0 Å². The summed E-state index contributed by atoms with van der Waals surface area (Å²) in [6, 6.07) is 0.155. The number of aliphatic hydroxyl groups is 1. The molecule has 2 aromatic rings. The molecule has 1 aliphatic heterocycles. The Balaban J connectivity index is 1.82. The summed E-state index contributed by atoms with van der Waals surface area (Å²) in [5, 5.41) is 16.3. The molecule has 3 rings (SSSR count). The molecule has 18 heavy (non-hydrogen) atoms. The van der Waals surface area contributed by atoms with Crippen molar-refractivity contribution in [3.8, 4) is 0 Å². The van der Waals surface area contributed by atoms with Crippen molar-refractivity contribution in [1.82, 2.24) is 24.6 Å². The van der Waals surface area contributed by atoms with Gasteiger partial charge in [-0.2, -0.15) is 5.10 Å². The van der Waals surface area contributed by atoms with Gasteiger partial charge in [0.05, 0.1) is 24.8 Å². The molecular formula is C12H17N5O. The number of rotatable bonds is 3. The molecular weight excluding hydrogens is 230 g/mol. The van der Waals surface area contributed by atoms with E-state index in [2.05, 4.69) is 20.1 Å². The molecule has 1 aliphatic rings. The maximum atomic E-state index is 9.55. The third-order valence-corrected chi connectivity index (χ3v) is 3.60. The molecule has 1 atom stereocenters.